The van der Waals surface area contributed by atoms with Crippen LogP contribution in [0.25, 0.3) is 11.3 Å². The van der Waals surface area contributed by atoms with Gasteiger partial charge in [-0.3, -0.25) is 4.79 Å². The van der Waals surface area contributed by atoms with E-state index >= 15 is 0 Å². The van der Waals surface area contributed by atoms with Crippen molar-refractivity contribution in [2.24, 2.45) is 0 Å². The van der Waals surface area contributed by atoms with Crippen molar-refractivity contribution in [2.45, 2.75) is 18.9 Å². The Labute approximate surface area is 189 Å². The molecule has 0 bridgehead atoms. The molecule has 0 saturated carbocycles. The number of anilines is 2. The first-order chi connectivity index (χ1) is 14.9. The number of carbonyl (C=O) groups is 1. The number of halogens is 1. The highest BCUT2D eigenvalue weighted by Gasteiger charge is 2.21. The lowest BCUT2D eigenvalue weighted by atomic mass is 9.99. The lowest BCUT2D eigenvalue weighted by Crippen LogP contribution is -2.48. The van der Waals surface area contributed by atoms with Crippen molar-refractivity contribution in [2.75, 3.05) is 29.3 Å². The highest BCUT2D eigenvalue weighted by atomic mass is 35.5. The van der Waals surface area contributed by atoms with E-state index in [9.17, 15) is 9.35 Å². The van der Waals surface area contributed by atoms with Gasteiger partial charge in [0.1, 0.15) is 17.2 Å². The summed E-state index contributed by atoms with van der Waals surface area (Å²) < 4.78 is 15.9. The minimum Gasteiger partial charge on any atom is -0.587 e. The smallest absolute Gasteiger partial charge is 0.273 e. The summed E-state index contributed by atoms with van der Waals surface area (Å²) >= 11 is 4.80. The number of rotatable bonds is 5. The van der Waals surface area contributed by atoms with Gasteiger partial charge < -0.3 is 14.8 Å². The maximum absolute atomic E-state index is 12.9. The second-order valence-electron chi connectivity index (χ2n) is 7.27. The third-order valence-corrected chi connectivity index (χ3v) is 6.33. The highest BCUT2D eigenvalue weighted by Crippen LogP contribution is 2.32. The van der Waals surface area contributed by atoms with E-state index in [4.69, 9.17) is 11.6 Å². The number of aromatic nitrogens is 2. The van der Waals surface area contributed by atoms with Crippen molar-refractivity contribution in [3.8, 4) is 11.3 Å². The molecule has 1 fully saturated rings. The van der Waals surface area contributed by atoms with E-state index in [0.717, 1.165) is 16.7 Å². The van der Waals surface area contributed by atoms with Gasteiger partial charge in [0.25, 0.3) is 5.03 Å². The van der Waals surface area contributed by atoms with E-state index in [0.29, 0.717) is 40.5 Å². The molecule has 1 saturated heterocycles. The number of piperazine rings is 1. The summed E-state index contributed by atoms with van der Waals surface area (Å²) in [6.07, 6.45) is 0. The van der Waals surface area contributed by atoms with E-state index < -0.39 is 11.4 Å². The standard InChI is InChI=1S/C22H22ClN5O2S/c1-14-5-3-6-15(2)21(14)22-16(23)9-10-17(25-22)27-31(30)20-8-4-7-18(26-20)28-12-11-24-19(29)13-28/h3-10H,11-13H2,1-2H3,(H,24,29)(H,25,27). The summed E-state index contributed by atoms with van der Waals surface area (Å²) in [5, 5.41) is 3.66. The topological polar surface area (TPSA) is 93.2 Å². The predicted molar refractivity (Wildman–Crippen MR) is 124 cm³/mol. The molecule has 1 aliphatic heterocycles. The van der Waals surface area contributed by atoms with Crippen LogP contribution in [0.15, 0.2) is 53.6 Å². The molecule has 7 nitrogen and oxygen atoms in total. The van der Waals surface area contributed by atoms with Crippen LogP contribution in [0.2, 0.25) is 5.02 Å². The second-order valence-corrected chi connectivity index (χ2v) is 8.84. The number of carbonyl (C=O) groups excluding carboxylic acids is 1. The summed E-state index contributed by atoms with van der Waals surface area (Å²) in [6, 6.07) is 14.7. The van der Waals surface area contributed by atoms with E-state index in [2.05, 4.69) is 20.0 Å². The van der Waals surface area contributed by atoms with Crippen molar-refractivity contribution in [3.05, 3.63) is 64.7 Å². The summed E-state index contributed by atoms with van der Waals surface area (Å²) in [7, 11) is 0. The molecule has 1 amide bonds. The zero-order valence-corrected chi connectivity index (χ0v) is 18.8. The minimum absolute atomic E-state index is 0.0536. The van der Waals surface area contributed by atoms with Crippen molar-refractivity contribution in [1.29, 1.82) is 0 Å². The van der Waals surface area contributed by atoms with Crippen molar-refractivity contribution in [1.82, 2.24) is 15.3 Å². The Balaban J connectivity index is 1.57. The second kappa shape index (κ2) is 9.13. The average molecular weight is 456 g/mol. The van der Waals surface area contributed by atoms with Crippen molar-refractivity contribution >= 4 is 40.5 Å². The van der Waals surface area contributed by atoms with Crippen LogP contribution < -0.4 is 14.9 Å². The van der Waals surface area contributed by atoms with Gasteiger partial charge in [0, 0.05) is 24.7 Å². The molecule has 3 aromatic rings. The molecule has 3 heterocycles. The molecule has 2 N–H and O–H groups in total. The molecule has 0 spiro atoms. The molecule has 1 aliphatic rings. The Hall–Kier alpha value is -2.81. The number of hydrogen-bond donors (Lipinski definition) is 2. The minimum atomic E-state index is -1.63. The number of aryl methyl sites for hydroxylation is 2. The first kappa shape index (κ1) is 21.4. The normalized spacial score (nSPS) is 14.8. The number of amides is 1. The lowest BCUT2D eigenvalue weighted by Gasteiger charge is -2.27. The predicted octanol–water partition coefficient (Wildman–Crippen LogP) is 3.48. The molecule has 0 radical (unpaired) electrons. The molecule has 1 atom stereocenters. The summed E-state index contributed by atoms with van der Waals surface area (Å²) in [5.41, 5.74) is 3.73. The molecular formula is C22H22ClN5O2S. The first-order valence-electron chi connectivity index (χ1n) is 9.82. The van der Waals surface area contributed by atoms with E-state index in [1.165, 1.54) is 0 Å². The molecule has 160 valence electrons. The molecule has 1 aromatic carbocycles. The van der Waals surface area contributed by atoms with Gasteiger partial charge in [0.2, 0.25) is 5.91 Å². The van der Waals surface area contributed by atoms with Crippen LogP contribution >= 0.6 is 11.6 Å². The molecule has 2 aromatic heterocycles. The fraction of sp³-hybridized carbons (Fsp3) is 0.227. The average Bonchev–Trinajstić information content (AvgIpc) is 2.76. The molecule has 31 heavy (non-hydrogen) atoms. The van der Waals surface area contributed by atoms with Gasteiger partial charge in [-0.25, -0.2) is 4.98 Å². The van der Waals surface area contributed by atoms with Gasteiger partial charge in [0.05, 0.1) is 17.3 Å². The zero-order chi connectivity index (χ0) is 22.0. The molecular weight excluding hydrogens is 434 g/mol. The molecule has 4 rings (SSSR count). The van der Waals surface area contributed by atoms with Crippen molar-refractivity contribution in [3.63, 3.8) is 0 Å². The number of hydrogen-bond acceptors (Lipinski definition) is 6. The lowest BCUT2D eigenvalue weighted by molar-refractivity contribution is -0.120. The van der Waals surface area contributed by atoms with E-state index in [1.807, 2.05) is 36.9 Å². The van der Waals surface area contributed by atoms with Crippen LogP contribution in [0.5, 0.6) is 0 Å². The Morgan fingerprint density at radius 3 is 2.58 bits per heavy atom. The van der Waals surface area contributed by atoms with E-state index in [-0.39, 0.29) is 12.5 Å². The van der Waals surface area contributed by atoms with Crippen LogP contribution in [0.3, 0.4) is 0 Å². The SMILES string of the molecule is Cc1cccc(C)c1-c1nc(N[S+]([O-])c2cccc(N3CCNC(=O)C3)n2)ccc1Cl. The van der Waals surface area contributed by atoms with Gasteiger partial charge in [-0.15, -0.1) is 0 Å². The summed E-state index contributed by atoms with van der Waals surface area (Å²) in [5.74, 6) is 0.995. The fourth-order valence-electron chi connectivity index (χ4n) is 3.53. The summed E-state index contributed by atoms with van der Waals surface area (Å²) in [6.45, 7) is 5.46. The molecule has 9 heteroatoms. The number of nitrogens with zero attached hydrogens (tertiary/aromatic N) is 3. The Bertz CT molecular complexity index is 1110. The van der Waals surface area contributed by atoms with E-state index in [1.54, 1.807) is 30.3 Å². The maximum atomic E-state index is 12.9. The van der Waals surface area contributed by atoms with Crippen molar-refractivity contribution < 1.29 is 9.35 Å². The Morgan fingerprint density at radius 1 is 1.10 bits per heavy atom. The third-order valence-electron chi connectivity index (χ3n) is 5.02. The quantitative estimate of drug-likeness (QED) is 0.572. The Kier molecular flexibility index (Phi) is 6.31. The monoisotopic (exact) mass is 455 g/mol. The number of nitrogens with one attached hydrogen (secondary N) is 2. The van der Waals surface area contributed by atoms with Gasteiger partial charge >= 0.3 is 0 Å². The van der Waals surface area contributed by atoms with Gasteiger partial charge in [0.15, 0.2) is 5.82 Å². The summed E-state index contributed by atoms with van der Waals surface area (Å²) in [4.78, 5) is 22.6. The van der Waals surface area contributed by atoms with Crippen LogP contribution in [0.4, 0.5) is 11.6 Å². The van der Waals surface area contributed by atoms with Crippen LogP contribution in [-0.4, -0.2) is 40.1 Å². The largest absolute Gasteiger partial charge is 0.587 e. The van der Waals surface area contributed by atoms with Gasteiger partial charge in [-0.1, -0.05) is 35.9 Å². The Morgan fingerprint density at radius 2 is 1.84 bits per heavy atom. The third kappa shape index (κ3) is 4.76. The fourth-order valence-corrected chi connectivity index (χ4v) is 4.51. The van der Waals surface area contributed by atoms with Gasteiger partial charge in [-0.2, -0.15) is 9.71 Å². The van der Waals surface area contributed by atoms with Crippen LogP contribution in [0.1, 0.15) is 11.1 Å². The number of pyridine rings is 2. The van der Waals surface area contributed by atoms with Gasteiger partial charge in [-0.05, 0) is 43.2 Å². The molecule has 1 unspecified atom stereocenters. The highest BCUT2D eigenvalue weighted by molar-refractivity contribution is 7.92. The number of benzene rings is 1. The maximum Gasteiger partial charge on any atom is 0.273 e. The van der Waals surface area contributed by atoms with Crippen LogP contribution in [0, 0.1) is 13.8 Å². The molecule has 0 aliphatic carbocycles. The first-order valence-corrected chi connectivity index (χ1v) is 11.4. The van der Waals surface area contributed by atoms with Crippen LogP contribution in [-0.2, 0) is 16.2 Å². The zero-order valence-electron chi connectivity index (χ0n) is 17.2.